The normalized spacial score (nSPS) is 20.4. The van der Waals surface area contributed by atoms with Gasteiger partial charge in [-0.2, -0.15) is 0 Å². The number of likely N-dealkylation sites (tertiary alicyclic amines) is 2. The molecule has 0 radical (unpaired) electrons. The van der Waals surface area contributed by atoms with Crippen LogP contribution in [0.4, 0.5) is 0 Å². The monoisotopic (exact) mass is 421 g/mol. The summed E-state index contributed by atoms with van der Waals surface area (Å²) in [6.07, 6.45) is 5.60. The number of carbonyl (C=O) groups excluding carboxylic acids is 2. The number of rotatable bonds is 6. The van der Waals surface area contributed by atoms with Crippen LogP contribution in [0.5, 0.6) is 5.75 Å². The minimum Gasteiger partial charge on any atom is -0.496 e. The molecule has 0 aromatic heterocycles. The maximum absolute atomic E-state index is 13.2. The fraction of sp³-hybridized carbons (Fsp3) is 0.636. The highest BCUT2D eigenvalue weighted by molar-refractivity contribution is 6.31. The topological polar surface area (TPSA) is 53.1 Å². The number of hydrogen-bond acceptors (Lipinski definition) is 4. The molecule has 7 heteroatoms. The van der Waals surface area contributed by atoms with Crippen molar-refractivity contribution in [3.05, 3.63) is 28.8 Å². The molecule has 0 N–H and O–H groups in total. The van der Waals surface area contributed by atoms with E-state index >= 15 is 0 Å². The summed E-state index contributed by atoms with van der Waals surface area (Å²) in [5.41, 5.74) is 0.475. The highest BCUT2D eigenvalue weighted by Crippen LogP contribution is 2.26. The zero-order valence-electron chi connectivity index (χ0n) is 17.5. The molecule has 0 bridgehead atoms. The van der Waals surface area contributed by atoms with Gasteiger partial charge in [0.05, 0.1) is 12.7 Å². The van der Waals surface area contributed by atoms with E-state index in [9.17, 15) is 9.59 Å². The molecule has 6 nitrogen and oxygen atoms in total. The summed E-state index contributed by atoms with van der Waals surface area (Å²) >= 11 is 6.11. The molecule has 0 spiro atoms. The third-order valence-corrected chi connectivity index (χ3v) is 6.26. The van der Waals surface area contributed by atoms with E-state index in [2.05, 4.69) is 4.90 Å². The lowest BCUT2D eigenvalue weighted by atomic mass is 10.0. The van der Waals surface area contributed by atoms with Crippen molar-refractivity contribution in [3.63, 3.8) is 0 Å². The molecule has 2 heterocycles. The van der Waals surface area contributed by atoms with Crippen molar-refractivity contribution < 1.29 is 14.3 Å². The van der Waals surface area contributed by atoms with Crippen molar-refractivity contribution >= 4 is 23.4 Å². The smallest absolute Gasteiger partial charge is 0.257 e. The van der Waals surface area contributed by atoms with Crippen LogP contribution in [0.2, 0.25) is 5.02 Å². The van der Waals surface area contributed by atoms with Crippen LogP contribution in [0.1, 0.15) is 49.4 Å². The molecule has 0 aliphatic carbocycles. The summed E-state index contributed by atoms with van der Waals surface area (Å²) in [5.74, 6) is 0.519. The molecule has 2 saturated heterocycles. The lowest BCUT2D eigenvalue weighted by molar-refractivity contribution is -0.132. The van der Waals surface area contributed by atoms with Crippen LogP contribution in [0.25, 0.3) is 0 Å². The molecule has 2 fully saturated rings. The number of nitrogens with zero attached hydrogens (tertiary/aromatic N) is 3. The van der Waals surface area contributed by atoms with Crippen LogP contribution >= 0.6 is 11.6 Å². The van der Waals surface area contributed by atoms with Crippen molar-refractivity contribution in [3.8, 4) is 5.75 Å². The number of ether oxygens (including phenoxy) is 1. The average molecular weight is 422 g/mol. The zero-order valence-corrected chi connectivity index (χ0v) is 18.3. The molecule has 1 aromatic rings. The summed E-state index contributed by atoms with van der Waals surface area (Å²) in [7, 11) is 1.55. The highest BCUT2D eigenvalue weighted by atomic mass is 35.5. The van der Waals surface area contributed by atoms with Crippen molar-refractivity contribution in [2.24, 2.45) is 0 Å². The number of halogens is 1. The Kier molecular flexibility index (Phi) is 7.78. The summed E-state index contributed by atoms with van der Waals surface area (Å²) in [6, 6.07) is 5.15. The predicted molar refractivity (Wildman–Crippen MR) is 115 cm³/mol. The second kappa shape index (κ2) is 10.3. The Bertz CT molecular complexity index is 721. The largest absolute Gasteiger partial charge is 0.496 e. The molecular weight excluding hydrogens is 390 g/mol. The van der Waals surface area contributed by atoms with E-state index in [0.717, 1.165) is 39.0 Å². The number of piperidine rings is 2. The molecular formula is C22H32ClN3O3. The van der Waals surface area contributed by atoms with Gasteiger partial charge < -0.3 is 19.4 Å². The van der Waals surface area contributed by atoms with E-state index in [0.29, 0.717) is 29.4 Å². The Balaban J connectivity index is 1.66. The van der Waals surface area contributed by atoms with Gasteiger partial charge in [-0.15, -0.1) is 0 Å². The van der Waals surface area contributed by atoms with E-state index in [4.69, 9.17) is 16.3 Å². The maximum atomic E-state index is 13.2. The van der Waals surface area contributed by atoms with Crippen molar-refractivity contribution in [2.75, 3.05) is 46.4 Å². The van der Waals surface area contributed by atoms with Crippen LogP contribution in [0.3, 0.4) is 0 Å². The second-order valence-corrected chi connectivity index (χ2v) is 8.44. The van der Waals surface area contributed by atoms with Gasteiger partial charge in [0, 0.05) is 44.2 Å². The number of carbonyl (C=O) groups is 2. The first-order chi connectivity index (χ1) is 14.0. The highest BCUT2D eigenvalue weighted by Gasteiger charge is 2.31. The SMILES string of the molecule is COc1ccc(Cl)cc1C(=O)N1CCCC(N(CCN2CCCCC2)C(C)=O)C1. The fourth-order valence-corrected chi connectivity index (χ4v) is 4.61. The van der Waals surface area contributed by atoms with Crippen molar-refractivity contribution in [2.45, 2.75) is 45.1 Å². The van der Waals surface area contributed by atoms with Crippen LogP contribution in [0, 0.1) is 0 Å². The second-order valence-electron chi connectivity index (χ2n) is 8.01. The number of amides is 2. The van der Waals surface area contributed by atoms with Gasteiger partial charge in [0.25, 0.3) is 5.91 Å². The molecule has 1 unspecified atom stereocenters. The Hall–Kier alpha value is -1.79. The number of hydrogen-bond donors (Lipinski definition) is 0. The molecule has 1 aromatic carbocycles. The van der Waals surface area contributed by atoms with Gasteiger partial charge in [0.15, 0.2) is 0 Å². The van der Waals surface area contributed by atoms with E-state index in [1.807, 2.05) is 9.80 Å². The Labute approximate surface area is 178 Å². The summed E-state index contributed by atoms with van der Waals surface area (Å²) in [4.78, 5) is 31.8. The number of methoxy groups -OCH3 is 1. The predicted octanol–water partition coefficient (Wildman–Crippen LogP) is 3.29. The van der Waals surface area contributed by atoms with Crippen LogP contribution in [-0.4, -0.2) is 78.9 Å². The van der Waals surface area contributed by atoms with Gasteiger partial charge in [-0.25, -0.2) is 0 Å². The minimum absolute atomic E-state index is 0.0557. The summed E-state index contributed by atoms with van der Waals surface area (Å²) in [5, 5.41) is 0.509. The van der Waals surface area contributed by atoms with E-state index < -0.39 is 0 Å². The maximum Gasteiger partial charge on any atom is 0.257 e. The molecule has 3 rings (SSSR count). The zero-order chi connectivity index (χ0) is 20.8. The van der Waals surface area contributed by atoms with Gasteiger partial charge in [-0.05, 0) is 57.0 Å². The Morgan fingerprint density at radius 3 is 2.62 bits per heavy atom. The van der Waals surface area contributed by atoms with E-state index in [1.54, 1.807) is 32.2 Å². The third-order valence-electron chi connectivity index (χ3n) is 6.03. The van der Waals surface area contributed by atoms with Crippen molar-refractivity contribution in [1.29, 1.82) is 0 Å². The van der Waals surface area contributed by atoms with Gasteiger partial charge in [-0.3, -0.25) is 9.59 Å². The first-order valence-corrected chi connectivity index (χ1v) is 11.0. The Morgan fingerprint density at radius 1 is 1.17 bits per heavy atom. The van der Waals surface area contributed by atoms with E-state index in [-0.39, 0.29) is 17.9 Å². The molecule has 29 heavy (non-hydrogen) atoms. The van der Waals surface area contributed by atoms with Crippen LogP contribution in [-0.2, 0) is 4.79 Å². The summed E-state index contributed by atoms with van der Waals surface area (Å²) < 4.78 is 5.35. The standard InChI is InChI=1S/C22H32ClN3O3/c1-17(27)26(14-13-24-10-4-3-5-11-24)19-7-6-12-25(16-19)22(28)20-15-18(23)8-9-21(20)29-2/h8-9,15,19H,3-7,10-14,16H2,1-2H3. The van der Waals surface area contributed by atoms with Gasteiger partial charge in [-0.1, -0.05) is 18.0 Å². The van der Waals surface area contributed by atoms with Crippen LogP contribution < -0.4 is 4.74 Å². The molecule has 0 saturated carbocycles. The lowest BCUT2D eigenvalue weighted by Crippen LogP contribution is -2.53. The molecule has 160 valence electrons. The molecule has 2 amide bonds. The number of benzene rings is 1. The molecule has 2 aliphatic rings. The van der Waals surface area contributed by atoms with E-state index in [1.165, 1.54) is 19.3 Å². The van der Waals surface area contributed by atoms with Gasteiger partial charge in [0.2, 0.25) is 5.91 Å². The first kappa shape index (κ1) is 21.9. The Morgan fingerprint density at radius 2 is 1.93 bits per heavy atom. The minimum atomic E-state index is -0.0893. The quantitative estimate of drug-likeness (QED) is 0.707. The molecule has 1 atom stereocenters. The summed E-state index contributed by atoms with van der Waals surface area (Å²) in [6.45, 7) is 6.74. The third kappa shape index (κ3) is 5.64. The first-order valence-electron chi connectivity index (χ1n) is 10.6. The fourth-order valence-electron chi connectivity index (χ4n) is 4.44. The van der Waals surface area contributed by atoms with Gasteiger partial charge >= 0.3 is 0 Å². The average Bonchev–Trinajstić information content (AvgIpc) is 2.74. The van der Waals surface area contributed by atoms with Crippen molar-refractivity contribution in [1.82, 2.24) is 14.7 Å². The molecule has 2 aliphatic heterocycles. The lowest BCUT2D eigenvalue weighted by Gasteiger charge is -2.40. The van der Waals surface area contributed by atoms with Gasteiger partial charge in [0.1, 0.15) is 5.75 Å². The van der Waals surface area contributed by atoms with Crippen LogP contribution in [0.15, 0.2) is 18.2 Å².